The standard InChI is InChI=1S/C21H22FN5O2/c1-21(2,3)25-20(29)16-11-23-27-8-7-18(24-19(16)27)26-12-15(28)10-17(26)13-5-4-6-14(22)9-13/h4-9,11,17H,10,12H2,1-3H3,(H,25,29)/t17-/m1/s1. The lowest BCUT2D eigenvalue weighted by Gasteiger charge is -2.25. The number of halogens is 1. The molecule has 7 nitrogen and oxygen atoms in total. The Hall–Kier alpha value is -3.29. The van der Waals surface area contributed by atoms with Crippen molar-refractivity contribution in [3.8, 4) is 0 Å². The molecule has 4 rings (SSSR count). The number of nitrogens with one attached hydrogen (secondary N) is 1. The number of hydrogen-bond acceptors (Lipinski definition) is 5. The zero-order valence-electron chi connectivity index (χ0n) is 16.5. The first-order valence-electron chi connectivity index (χ1n) is 9.42. The molecule has 0 radical (unpaired) electrons. The monoisotopic (exact) mass is 395 g/mol. The van der Waals surface area contributed by atoms with E-state index in [1.165, 1.54) is 22.8 Å². The maximum atomic E-state index is 13.7. The minimum Gasteiger partial charge on any atom is -0.347 e. The Labute approximate surface area is 167 Å². The quantitative estimate of drug-likeness (QED) is 0.738. The van der Waals surface area contributed by atoms with Crippen LogP contribution in [-0.2, 0) is 4.79 Å². The van der Waals surface area contributed by atoms with Crippen LogP contribution in [0.3, 0.4) is 0 Å². The Bertz CT molecular complexity index is 1100. The van der Waals surface area contributed by atoms with Gasteiger partial charge in [-0.15, -0.1) is 0 Å². The van der Waals surface area contributed by atoms with Gasteiger partial charge in [0, 0.05) is 18.2 Å². The normalized spacial score (nSPS) is 17.2. The summed E-state index contributed by atoms with van der Waals surface area (Å²) >= 11 is 0. The van der Waals surface area contributed by atoms with Gasteiger partial charge in [0.15, 0.2) is 11.4 Å². The summed E-state index contributed by atoms with van der Waals surface area (Å²) in [5.74, 6) is -0.0125. The number of hydrogen-bond donors (Lipinski definition) is 1. The molecule has 2 aromatic heterocycles. The molecule has 3 heterocycles. The fraction of sp³-hybridized carbons (Fsp3) is 0.333. The van der Waals surface area contributed by atoms with Gasteiger partial charge in [0.25, 0.3) is 5.91 Å². The van der Waals surface area contributed by atoms with Crippen LogP contribution in [0.4, 0.5) is 10.2 Å². The van der Waals surface area contributed by atoms with E-state index in [0.717, 1.165) is 5.56 Å². The van der Waals surface area contributed by atoms with E-state index in [4.69, 9.17) is 0 Å². The van der Waals surface area contributed by atoms with E-state index < -0.39 is 5.54 Å². The van der Waals surface area contributed by atoms with E-state index in [2.05, 4.69) is 15.4 Å². The van der Waals surface area contributed by atoms with Crippen molar-refractivity contribution in [1.29, 1.82) is 0 Å². The highest BCUT2D eigenvalue weighted by Gasteiger charge is 2.33. The molecule has 1 aliphatic rings. The number of anilines is 1. The summed E-state index contributed by atoms with van der Waals surface area (Å²) in [6, 6.07) is 7.70. The molecular formula is C21H22FN5O2. The average molecular weight is 395 g/mol. The molecule has 1 aromatic carbocycles. The number of carbonyl (C=O) groups excluding carboxylic acids is 2. The molecule has 0 spiro atoms. The Morgan fingerprint density at radius 1 is 1.28 bits per heavy atom. The van der Waals surface area contributed by atoms with Gasteiger partial charge < -0.3 is 10.2 Å². The molecule has 1 amide bonds. The summed E-state index contributed by atoms with van der Waals surface area (Å²) in [6.07, 6.45) is 3.47. The number of ketones is 1. The topological polar surface area (TPSA) is 79.6 Å². The molecule has 1 N–H and O–H groups in total. The van der Waals surface area contributed by atoms with Gasteiger partial charge in [0.1, 0.15) is 17.2 Å². The van der Waals surface area contributed by atoms with Gasteiger partial charge in [0.05, 0.1) is 18.8 Å². The van der Waals surface area contributed by atoms with Crippen LogP contribution in [0.25, 0.3) is 5.65 Å². The zero-order valence-corrected chi connectivity index (χ0v) is 16.5. The van der Waals surface area contributed by atoms with Crippen LogP contribution in [0.2, 0.25) is 0 Å². The lowest BCUT2D eigenvalue weighted by Crippen LogP contribution is -2.40. The molecule has 8 heteroatoms. The number of nitrogens with zero attached hydrogens (tertiary/aromatic N) is 4. The molecule has 0 unspecified atom stereocenters. The molecule has 150 valence electrons. The molecular weight excluding hydrogens is 373 g/mol. The molecule has 0 aliphatic carbocycles. The maximum absolute atomic E-state index is 13.7. The molecule has 3 aromatic rings. The predicted molar refractivity (Wildman–Crippen MR) is 106 cm³/mol. The summed E-state index contributed by atoms with van der Waals surface area (Å²) in [4.78, 5) is 31.3. The van der Waals surface area contributed by atoms with Crippen LogP contribution in [0.1, 0.15) is 49.2 Å². The van der Waals surface area contributed by atoms with E-state index >= 15 is 0 Å². The second-order valence-electron chi connectivity index (χ2n) is 8.26. The third kappa shape index (κ3) is 3.83. The fourth-order valence-corrected chi connectivity index (χ4v) is 3.53. The number of benzene rings is 1. The minimum absolute atomic E-state index is 0.0557. The van der Waals surface area contributed by atoms with Crippen molar-refractivity contribution in [2.75, 3.05) is 11.4 Å². The third-order valence-corrected chi connectivity index (χ3v) is 4.76. The highest BCUT2D eigenvalue weighted by molar-refractivity contribution is 6.00. The highest BCUT2D eigenvalue weighted by atomic mass is 19.1. The Morgan fingerprint density at radius 3 is 2.79 bits per heavy atom. The van der Waals surface area contributed by atoms with Crippen LogP contribution >= 0.6 is 0 Å². The molecule has 1 aliphatic heterocycles. The maximum Gasteiger partial charge on any atom is 0.257 e. The van der Waals surface area contributed by atoms with Gasteiger partial charge in [-0.1, -0.05) is 12.1 Å². The summed E-state index contributed by atoms with van der Waals surface area (Å²) < 4.78 is 15.2. The van der Waals surface area contributed by atoms with Crippen LogP contribution in [-0.4, -0.2) is 38.4 Å². The Balaban J connectivity index is 1.72. The molecule has 0 saturated carbocycles. The van der Waals surface area contributed by atoms with Crippen LogP contribution in [0.15, 0.2) is 42.7 Å². The van der Waals surface area contributed by atoms with Crippen molar-refractivity contribution in [3.05, 3.63) is 59.7 Å². The van der Waals surface area contributed by atoms with Crippen LogP contribution in [0.5, 0.6) is 0 Å². The first kappa shape index (κ1) is 19.0. The Morgan fingerprint density at radius 2 is 2.07 bits per heavy atom. The lowest BCUT2D eigenvalue weighted by atomic mass is 10.0. The van der Waals surface area contributed by atoms with E-state index in [9.17, 15) is 14.0 Å². The SMILES string of the molecule is CC(C)(C)NC(=O)c1cnn2ccc(N3CC(=O)C[C@@H]3c3cccc(F)c3)nc12. The predicted octanol–water partition coefficient (Wildman–Crippen LogP) is 2.92. The summed E-state index contributed by atoms with van der Waals surface area (Å²) in [6.45, 7) is 5.88. The van der Waals surface area contributed by atoms with Crippen LogP contribution in [0, 0.1) is 5.82 Å². The van der Waals surface area contributed by atoms with Crippen molar-refractivity contribution < 1.29 is 14.0 Å². The van der Waals surface area contributed by atoms with Crippen molar-refractivity contribution >= 4 is 23.2 Å². The average Bonchev–Trinajstić information content (AvgIpc) is 3.23. The smallest absolute Gasteiger partial charge is 0.257 e. The second-order valence-corrected chi connectivity index (χ2v) is 8.26. The van der Waals surface area contributed by atoms with Gasteiger partial charge in [-0.25, -0.2) is 13.9 Å². The van der Waals surface area contributed by atoms with Gasteiger partial charge in [-0.3, -0.25) is 9.59 Å². The number of amides is 1. The third-order valence-electron chi connectivity index (χ3n) is 4.76. The highest BCUT2D eigenvalue weighted by Crippen LogP contribution is 2.34. The number of rotatable bonds is 3. The van der Waals surface area contributed by atoms with Gasteiger partial charge >= 0.3 is 0 Å². The first-order chi connectivity index (χ1) is 13.7. The van der Waals surface area contributed by atoms with Crippen molar-refractivity contribution in [2.45, 2.75) is 38.8 Å². The van der Waals surface area contributed by atoms with Gasteiger partial charge in [-0.2, -0.15) is 5.10 Å². The van der Waals surface area contributed by atoms with E-state index in [-0.39, 0.29) is 36.5 Å². The largest absolute Gasteiger partial charge is 0.347 e. The van der Waals surface area contributed by atoms with Crippen LogP contribution < -0.4 is 10.2 Å². The van der Waals surface area contributed by atoms with Crippen molar-refractivity contribution in [3.63, 3.8) is 0 Å². The molecule has 0 bridgehead atoms. The molecule has 1 saturated heterocycles. The van der Waals surface area contributed by atoms with Gasteiger partial charge in [0.2, 0.25) is 0 Å². The molecule has 1 atom stereocenters. The Kier molecular flexibility index (Phi) is 4.56. The molecule has 1 fully saturated rings. The lowest BCUT2D eigenvalue weighted by molar-refractivity contribution is -0.116. The summed E-state index contributed by atoms with van der Waals surface area (Å²) in [5, 5.41) is 7.11. The first-order valence-corrected chi connectivity index (χ1v) is 9.42. The zero-order chi connectivity index (χ0) is 20.8. The summed E-state index contributed by atoms with van der Waals surface area (Å²) in [7, 11) is 0. The van der Waals surface area contributed by atoms with Gasteiger partial charge in [-0.05, 0) is 44.5 Å². The number of Topliss-reactive ketones (excluding diaryl/α,β-unsaturated/α-hetero) is 1. The fourth-order valence-electron chi connectivity index (χ4n) is 3.53. The van der Waals surface area contributed by atoms with E-state index in [0.29, 0.717) is 17.0 Å². The molecule has 29 heavy (non-hydrogen) atoms. The van der Waals surface area contributed by atoms with Crippen molar-refractivity contribution in [1.82, 2.24) is 19.9 Å². The second kappa shape index (κ2) is 6.95. The van der Waals surface area contributed by atoms with Crippen molar-refractivity contribution in [2.24, 2.45) is 0 Å². The number of carbonyl (C=O) groups is 2. The number of aromatic nitrogens is 3. The minimum atomic E-state index is -0.396. The van der Waals surface area contributed by atoms with E-state index in [1.807, 2.05) is 25.7 Å². The summed E-state index contributed by atoms with van der Waals surface area (Å²) in [5.41, 5.74) is 1.08. The van der Waals surface area contributed by atoms with E-state index in [1.54, 1.807) is 24.4 Å². The number of fused-ring (bicyclic) bond motifs is 1.